The first-order valence-electron chi connectivity index (χ1n) is 12.7. The number of aryl methyl sites for hydroxylation is 1. The topological polar surface area (TPSA) is 54.4 Å². The molecule has 1 aliphatic rings. The summed E-state index contributed by atoms with van der Waals surface area (Å²) in [6.07, 6.45) is -3.83. The number of imidazole rings is 1. The van der Waals surface area contributed by atoms with E-state index in [0.717, 1.165) is 34.3 Å². The minimum absolute atomic E-state index is 0.0386. The average Bonchev–Trinajstić information content (AvgIpc) is 3.20. The van der Waals surface area contributed by atoms with Gasteiger partial charge in [0.25, 0.3) is 0 Å². The van der Waals surface area contributed by atoms with Gasteiger partial charge < -0.3 is 24.8 Å². The molecule has 1 aliphatic heterocycles. The van der Waals surface area contributed by atoms with Gasteiger partial charge >= 0.3 is 6.18 Å². The number of anilines is 1. The highest BCUT2D eigenvalue weighted by atomic mass is 19.4. The van der Waals surface area contributed by atoms with Crippen molar-refractivity contribution in [1.29, 1.82) is 0 Å². The van der Waals surface area contributed by atoms with Gasteiger partial charge in [0.2, 0.25) is 0 Å². The summed E-state index contributed by atoms with van der Waals surface area (Å²) in [7, 11) is 3.48. The second kappa shape index (κ2) is 12.0. The fourth-order valence-electron chi connectivity index (χ4n) is 4.62. The van der Waals surface area contributed by atoms with Gasteiger partial charge in [-0.15, -0.1) is 0 Å². The van der Waals surface area contributed by atoms with E-state index in [1.54, 1.807) is 25.3 Å². The Kier molecular flexibility index (Phi) is 8.80. The SMILES string of the molecule is CCc1ccc(NCC#Cc2nc3cc(CN[C@@H]4CCN(C)C[C@@H]4F)ccc3n2CC(F)(F)F)c(OC)c1. The molecule has 10 heteroatoms. The third-order valence-corrected chi connectivity index (χ3v) is 6.70. The molecule has 0 unspecified atom stereocenters. The van der Waals surface area contributed by atoms with E-state index in [0.29, 0.717) is 36.3 Å². The summed E-state index contributed by atoms with van der Waals surface area (Å²) in [4.78, 5) is 6.36. The minimum Gasteiger partial charge on any atom is -0.495 e. The number of rotatable bonds is 8. The van der Waals surface area contributed by atoms with Crippen molar-refractivity contribution >= 4 is 16.7 Å². The van der Waals surface area contributed by atoms with Crippen molar-refractivity contribution in [2.24, 2.45) is 0 Å². The zero-order valence-electron chi connectivity index (χ0n) is 21.8. The molecule has 38 heavy (non-hydrogen) atoms. The Morgan fingerprint density at radius 3 is 2.66 bits per heavy atom. The number of nitrogens with zero attached hydrogens (tertiary/aromatic N) is 3. The highest BCUT2D eigenvalue weighted by Gasteiger charge is 2.30. The number of piperidine rings is 1. The van der Waals surface area contributed by atoms with Crippen LogP contribution in [0.4, 0.5) is 23.2 Å². The van der Waals surface area contributed by atoms with Crippen molar-refractivity contribution in [1.82, 2.24) is 19.8 Å². The van der Waals surface area contributed by atoms with E-state index in [-0.39, 0.29) is 18.4 Å². The van der Waals surface area contributed by atoms with Gasteiger partial charge in [-0.3, -0.25) is 0 Å². The van der Waals surface area contributed by atoms with Crippen molar-refractivity contribution in [3.8, 4) is 17.6 Å². The van der Waals surface area contributed by atoms with Crippen LogP contribution in [0.3, 0.4) is 0 Å². The predicted octanol–water partition coefficient (Wildman–Crippen LogP) is 4.77. The number of halogens is 4. The Hall–Kier alpha value is -3.29. The summed E-state index contributed by atoms with van der Waals surface area (Å²) >= 11 is 0. The quantitative estimate of drug-likeness (QED) is 0.324. The monoisotopic (exact) mass is 531 g/mol. The molecule has 0 aliphatic carbocycles. The largest absolute Gasteiger partial charge is 0.495 e. The Labute approximate surface area is 220 Å². The first-order chi connectivity index (χ1) is 18.2. The van der Waals surface area contributed by atoms with Crippen LogP contribution in [0.25, 0.3) is 11.0 Å². The zero-order chi connectivity index (χ0) is 27.3. The molecule has 1 saturated heterocycles. The predicted molar refractivity (Wildman–Crippen MR) is 141 cm³/mol. The van der Waals surface area contributed by atoms with Crippen LogP contribution in [-0.2, 0) is 19.5 Å². The van der Waals surface area contributed by atoms with Crippen molar-refractivity contribution in [2.45, 2.75) is 51.2 Å². The number of benzene rings is 2. The van der Waals surface area contributed by atoms with E-state index >= 15 is 0 Å². The van der Waals surface area contributed by atoms with Gasteiger partial charge in [-0.1, -0.05) is 25.0 Å². The number of ether oxygens (including phenoxy) is 1. The van der Waals surface area contributed by atoms with Gasteiger partial charge in [-0.05, 0) is 67.7 Å². The molecular weight excluding hydrogens is 498 g/mol. The van der Waals surface area contributed by atoms with Gasteiger partial charge in [0.15, 0.2) is 5.82 Å². The number of alkyl halides is 4. The standard InChI is InChI=1S/C28H33F4N5O/c1-4-19-7-9-23(26(15-19)38-3)33-12-5-6-27-35-24-14-20(8-10-25(24)37(27)18-28(30,31)32)16-34-22-11-13-36(2)17-21(22)29/h7-10,14-15,21-22,33-34H,4,11-13,16-18H2,1-3H3/t21-,22+/m0/s1. The molecule has 2 heterocycles. The van der Waals surface area contributed by atoms with Crippen LogP contribution in [-0.4, -0.2) is 66.6 Å². The molecule has 0 radical (unpaired) electrons. The summed E-state index contributed by atoms with van der Waals surface area (Å²) in [5.41, 5.74) is 3.47. The summed E-state index contributed by atoms with van der Waals surface area (Å²) < 4.78 is 61.0. The summed E-state index contributed by atoms with van der Waals surface area (Å²) in [5.74, 6) is 6.40. The maximum Gasteiger partial charge on any atom is 0.406 e. The van der Waals surface area contributed by atoms with E-state index in [9.17, 15) is 17.6 Å². The molecule has 6 nitrogen and oxygen atoms in total. The Morgan fingerprint density at radius 2 is 1.95 bits per heavy atom. The summed E-state index contributed by atoms with van der Waals surface area (Å²) in [5, 5.41) is 6.39. The van der Waals surface area contributed by atoms with Crippen molar-refractivity contribution in [2.75, 3.05) is 39.1 Å². The number of hydrogen-bond donors (Lipinski definition) is 2. The number of fused-ring (bicyclic) bond motifs is 1. The Balaban J connectivity index is 1.51. The number of hydrogen-bond acceptors (Lipinski definition) is 5. The molecule has 0 saturated carbocycles. The molecule has 4 rings (SSSR count). The van der Waals surface area contributed by atoms with Gasteiger partial charge in [-0.25, -0.2) is 9.37 Å². The molecule has 3 aromatic rings. The molecule has 1 fully saturated rings. The molecule has 2 N–H and O–H groups in total. The number of aromatic nitrogens is 2. The highest BCUT2D eigenvalue weighted by Crippen LogP contribution is 2.26. The Bertz CT molecular complexity index is 1310. The molecular formula is C28H33F4N5O. The normalized spacial score (nSPS) is 18.3. The molecule has 0 spiro atoms. The van der Waals surface area contributed by atoms with Crippen LogP contribution in [0.15, 0.2) is 36.4 Å². The first kappa shape index (κ1) is 27.7. The summed E-state index contributed by atoms with van der Waals surface area (Å²) in [6.45, 7) is 2.66. The minimum atomic E-state index is -4.43. The van der Waals surface area contributed by atoms with E-state index < -0.39 is 18.9 Å². The fourth-order valence-corrected chi connectivity index (χ4v) is 4.62. The van der Waals surface area contributed by atoms with Crippen LogP contribution < -0.4 is 15.4 Å². The van der Waals surface area contributed by atoms with Crippen LogP contribution in [0.1, 0.15) is 30.3 Å². The van der Waals surface area contributed by atoms with E-state index in [1.807, 2.05) is 30.1 Å². The third-order valence-electron chi connectivity index (χ3n) is 6.70. The van der Waals surface area contributed by atoms with Crippen molar-refractivity contribution < 1.29 is 22.3 Å². The number of likely N-dealkylation sites (tertiary alicyclic amines) is 1. The number of methoxy groups -OCH3 is 1. The maximum absolute atomic E-state index is 14.3. The third kappa shape index (κ3) is 6.97. The molecule has 0 amide bonds. The van der Waals surface area contributed by atoms with Crippen molar-refractivity contribution in [3.05, 3.63) is 53.3 Å². The number of nitrogens with one attached hydrogen (secondary N) is 2. The van der Waals surface area contributed by atoms with Gasteiger partial charge in [-0.2, -0.15) is 13.2 Å². The lowest BCUT2D eigenvalue weighted by molar-refractivity contribution is -0.140. The molecule has 204 valence electrons. The van der Waals surface area contributed by atoms with E-state index in [4.69, 9.17) is 4.74 Å². The second-order valence-electron chi connectivity index (χ2n) is 9.56. The van der Waals surface area contributed by atoms with Crippen LogP contribution >= 0.6 is 0 Å². The second-order valence-corrected chi connectivity index (χ2v) is 9.56. The Morgan fingerprint density at radius 1 is 1.16 bits per heavy atom. The molecule has 2 aromatic carbocycles. The molecule has 1 aromatic heterocycles. The molecule has 2 atom stereocenters. The van der Waals surface area contributed by atoms with E-state index in [1.165, 1.54) is 0 Å². The maximum atomic E-state index is 14.3. The first-order valence-corrected chi connectivity index (χ1v) is 12.7. The highest BCUT2D eigenvalue weighted by molar-refractivity contribution is 5.78. The van der Waals surface area contributed by atoms with Crippen LogP contribution in [0, 0.1) is 11.8 Å². The van der Waals surface area contributed by atoms with Crippen LogP contribution in [0.2, 0.25) is 0 Å². The van der Waals surface area contributed by atoms with Crippen LogP contribution in [0.5, 0.6) is 5.75 Å². The lowest BCUT2D eigenvalue weighted by Crippen LogP contribution is -2.49. The summed E-state index contributed by atoms with van der Waals surface area (Å²) in [6, 6.07) is 10.7. The van der Waals surface area contributed by atoms with Crippen molar-refractivity contribution in [3.63, 3.8) is 0 Å². The van der Waals surface area contributed by atoms with Gasteiger partial charge in [0, 0.05) is 19.1 Å². The van der Waals surface area contributed by atoms with Gasteiger partial charge in [0.05, 0.1) is 30.4 Å². The smallest absolute Gasteiger partial charge is 0.406 e. The fraction of sp³-hybridized carbons (Fsp3) is 0.464. The zero-order valence-corrected chi connectivity index (χ0v) is 21.8. The molecule has 0 bridgehead atoms. The lowest BCUT2D eigenvalue weighted by Gasteiger charge is -2.32. The lowest BCUT2D eigenvalue weighted by atomic mass is 10.0. The average molecular weight is 532 g/mol. The van der Waals surface area contributed by atoms with E-state index in [2.05, 4.69) is 34.4 Å². The van der Waals surface area contributed by atoms with Gasteiger partial charge in [0.1, 0.15) is 18.5 Å².